The average molecular weight is 271 g/mol. The molecule has 0 fully saturated rings. The summed E-state index contributed by atoms with van der Waals surface area (Å²) in [7, 11) is 0. The molecule has 102 valence electrons. The number of benzene rings is 1. The summed E-state index contributed by atoms with van der Waals surface area (Å²) in [6, 6.07) is 6.09. The molecule has 0 spiro atoms. The van der Waals surface area contributed by atoms with Gasteiger partial charge in [-0.3, -0.25) is 0 Å². The highest BCUT2D eigenvalue weighted by Gasteiger charge is 2.09. The van der Waals surface area contributed by atoms with Gasteiger partial charge in [0.15, 0.2) is 11.5 Å². The Bertz CT molecular complexity index is 352. The minimum Gasteiger partial charge on any atom is -0.490 e. The molecule has 0 N–H and O–H groups in total. The molecule has 0 aliphatic heterocycles. The van der Waals surface area contributed by atoms with Crippen molar-refractivity contribution < 1.29 is 9.47 Å². The minimum atomic E-state index is 0.182. The van der Waals surface area contributed by atoms with Crippen LogP contribution in [0.25, 0.3) is 0 Å². The van der Waals surface area contributed by atoms with Crippen LogP contribution in [0, 0.1) is 0 Å². The molecular formula is C15H23ClO2. The Morgan fingerprint density at radius 1 is 1.11 bits per heavy atom. The van der Waals surface area contributed by atoms with Gasteiger partial charge in [0.2, 0.25) is 0 Å². The summed E-state index contributed by atoms with van der Waals surface area (Å²) in [6.45, 7) is 7.52. The lowest BCUT2D eigenvalue weighted by molar-refractivity contribution is 0.276. The van der Waals surface area contributed by atoms with Crippen molar-refractivity contribution in [3.05, 3.63) is 23.8 Å². The van der Waals surface area contributed by atoms with Crippen LogP contribution in [0.3, 0.4) is 0 Å². The Kier molecular flexibility index (Phi) is 6.96. The summed E-state index contributed by atoms with van der Waals surface area (Å²) in [5.41, 5.74) is 1.20. The molecule has 0 radical (unpaired) electrons. The highest BCUT2D eigenvalue weighted by molar-refractivity contribution is 6.20. The SMILES string of the molecule is CCCOc1ccc(CC(Cl)CC)cc1OCC. The maximum Gasteiger partial charge on any atom is 0.161 e. The maximum atomic E-state index is 6.18. The second-order valence-corrected chi connectivity index (χ2v) is 4.89. The van der Waals surface area contributed by atoms with Crippen LogP contribution >= 0.6 is 11.6 Å². The van der Waals surface area contributed by atoms with E-state index >= 15 is 0 Å². The van der Waals surface area contributed by atoms with E-state index in [9.17, 15) is 0 Å². The highest BCUT2D eigenvalue weighted by Crippen LogP contribution is 2.29. The summed E-state index contributed by atoms with van der Waals surface area (Å²) < 4.78 is 11.3. The summed E-state index contributed by atoms with van der Waals surface area (Å²) in [6.07, 6.45) is 2.83. The molecule has 3 heteroatoms. The quantitative estimate of drug-likeness (QED) is 0.651. The number of alkyl halides is 1. The third-order valence-electron chi connectivity index (χ3n) is 2.67. The Morgan fingerprint density at radius 2 is 1.89 bits per heavy atom. The lowest BCUT2D eigenvalue weighted by Gasteiger charge is -2.14. The first kappa shape index (κ1) is 15.2. The van der Waals surface area contributed by atoms with E-state index in [1.165, 1.54) is 5.56 Å². The summed E-state index contributed by atoms with van der Waals surface area (Å²) in [5, 5.41) is 0.182. The van der Waals surface area contributed by atoms with Gasteiger partial charge in [0, 0.05) is 5.38 Å². The van der Waals surface area contributed by atoms with Crippen LogP contribution in [0.1, 0.15) is 39.2 Å². The normalized spacial score (nSPS) is 12.2. The van der Waals surface area contributed by atoms with Crippen molar-refractivity contribution in [3.63, 3.8) is 0 Å². The predicted octanol–water partition coefficient (Wildman–Crippen LogP) is 4.43. The third-order valence-corrected chi connectivity index (χ3v) is 3.13. The van der Waals surface area contributed by atoms with E-state index in [2.05, 4.69) is 19.9 Å². The fourth-order valence-electron chi connectivity index (χ4n) is 1.68. The standard InChI is InChI=1S/C15H23ClO2/c1-4-9-18-14-8-7-12(10-13(16)5-2)11-15(14)17-6-3/h7-8,11,13H,4-6,9-10H2,1-3H3. The van der Waals surface area contributed by atoms with Crippen molar-refractivity contribution in [1.29, 1.82) is 0 Å². The van der Waals surface area contributed by atoms with E-state index in [0.29, 0.717) is 13.2 Å². The zero-order chi connectivity index (χ0) is 13.4. The Morgan fingerprint density at radius 3 is 2.50 bits per heavy atom. The highest BCUT2D eigenvalue weighted by atomic mass is 35.5. The number of hydrogen-bond acceptors (Lipinski definition) is 2. The van der Waals surface area contributed by atoms with Crippen LogP contribution in [0.2, 0.25) is 0 Å². The van der Waals surface area contributed by atoms with Crippen LogP contribution in [-0.2, 0) is 6.42 Å². The van der Waals surface area contributed by atoms with Gasteiger partial charge in [-0.25, -0.2) is 0 Å². The van der Waals surface area contributed by atoms with Crippen LogP contribution in [0.15, 0.2) is 18.2 Å². The van der Waals surface area contributed by atoms with E-state index in [1.54, 1.807) is 0 Å². The van der Waals surface area contributed by atoms with Crippen molar-refractivity contribution in [2.75, 3.05) is 13.2 Å². The zero-order valence-electron chi connectivity index (χ0n) is 11.5. The number of ether oxygens (including phenoxy) is 2. The van der Waals surface area contributed by atoms with E-state index < -0.39 is 0 Å². The Hall–Kier alpha value is -0.890. The fraction of sp³-hybridized carbons (Fsp3) is 0.600. The molecule has 2 nitrogen and oxygen atoms in total. The van der Waals surface area contributed by atoms with Gasteiger partial charge in [-0.1, -0.05) is 19.9 Å². The molecule has 0 bridgehead atoms. The molecule has 1 rings (SSSR count). The van der Waals surface area contributed by atoms with Gasteiger partial charge in [0.1, 0.15) is 0 Å². The van der Waals surface area contributed by atoms with Gasteiger partial charge in [-0.05, 0) is 43.9 Å². The van der Waals surface area contributed by atoms with E-state index in [1.807, 2.05) is 19.1 Å². The number of rotatable bonds is 8. The first-order valence-corrected chi connectivity index (χ1v) is 7.17. The van der Waals surface area contributed by atoms with Gasteiger partial charge in [0.05, 0.1) is 13.2 Å². The second-order valence-electron chi connectivity index (χ2n) is 4.27. The maximum absolute atomic E-state index is 6.18. The minimum absolute atomic E-state index is 0.182. The second kappa shape index (κ2) is 8.25. The monoisotopic (exact) mass is 270 g/mol. The first-order valence-electron chi connectivity index (χ1n) is 6.73. The molecule has 1 atom stereocenters. The van der Waals surface area contributed by atoms with Gasteiger partial charge in [0.25, 0.3) is 0 Å². The molecule has 18 heavy (non-hydrogen) atoms. The molecule has 0 aliphatic rings. The smallest absolute Gasteiger partial charge is 0.161 e. The van der Waals surface area contributed by atoms with Crippen molar-refractivity contribution in [2.24, 2.45) is 0 Å². The molecule has 0 heterocycles. The predicted molar refractivity (Wildman–Crippen MR) is 77.0 cm³/mol. The average Bonchev–Trinajstić information content (AvgIpc) is 2.38. The van der Waals surface area contributed by atoms with Gasteiger partial charge >= 0.3 is 0 Å². The van der Waals surface area contributed by atoms with Crippen LogP contribution < -0.4 is 9.47 Å². The molecule has 1 unspecified atom stereocenters. The van der Waals surface area contributed by atoms with Gasteiger partial charge < -0.3 is 9.47 Å². The lowest BCUT2D eigenvalue weighted by atomic mass is 10.1. The van der Waals surface area contributed by atoms with Crippen molar-refractivity contribution in [2.45, 2.75) is 45.4 Å². The van der Waals surface area contributed by atoms with Crippen LogP contribution in [-0.4, -0.2) is 18.6 Å². The zero-order valence-corrected chi connectivity index (χ0v) is 12.3. The van der Waals surface area contributed by atoms with E-state index in [-0.39, 0.29) is 5.38 Å². The first-order chi connectivity index (χ1) is 8.71. The van der Waals surface area contributed by atoms with Crippen molar-refractivity contribution in [1.82, 2.24) is 0 Å². The van der Waals surface area contributed by atoms with Crippen molar-refractivity contribution >= 4 is 11.6 Å². The largest absolute Gasteiger partial charge is 0.490 e. The number of halogens is 1. The summed E-state index contributed by atoms with van der Waals surface area (Å²) >= 11 is 6.18. The fourth-order valence-corrected chi connectivity index (χ4v) is 1.86. The molecule has 1 aromatic rings. The van der Waals surface area contributed by atoms with Gasteiger partial charge in [-0.2, -0.15) is 0 Å². The Balaban J connectivity index is 2.81. The summed E-state index contributed by atoms with van der Waals surface area (Å²) in [4.78, 5) is 0. The molecular weight excluding hydrogens is 248 g/mol. The molecule has 0 aromatic heterocycles. The molecule has 0 amide bonds. The van der Waals surface area contributed by atoms with E-state index in [0.717, 1.165) is 30.8 Å². The van der Waals surface area contributed by atoms with Gasteiger partial charge in [-0.15, -0.1) is 11.6 Å². The Labute approximate surface area is 115 Å². The molecule has 1 aromatic carbocycles. The molecule has 0 saturated carbocycles. The molecule has 0 aliphatic carbocycles. The van der Waals surface area contributed by atoms with Crippen LogP contribution in [0.4, 0.5) is 0 Å². The topological polar surface area (TPSA) is 18.5 Å². The molecule has 0 saturated heterocycles. The van der Waals surface area contributed by atoms with E-state index in [4.69, 9.17) is 21.1 Å². The summed E-state index contributed by atoms with van der Waals surface area (Å²) in [5.74, 6) is 1.65. The lowest BCUT2D eigenvalue weighted by Crippen LogP contribution is -2.04. The van der Waals surface area contributed by atoms with Crippen LogP contribution in [0.5, 0.6) is 11.5 Å². The van der Waals surface area contributed by atoms with Crippen molar-refractivity contribution in [3.8, 4) is 11.5 Å². The third kappa shape index (κ3) is 4.77. The number of hydrogen-bond donors (Lipinski definition) is 0.